The molecule has 1 aliphatic carbocycles. The van der Waals surface area contributed by atoms with Crippen LogP contribution in [0.5, 0.6) is 0 Å². The van der Waals surface area contributed by atoms with Gasteiger partial charge in [-0.05, 0) is 25.0 Å². The van der Waals surface area contributed by atoms with Crippen molar-refractivity contribution in [1.29, 1.82) is 0 Å². The van der Waals surface area contributed by atoms with Crippen LogP contribution in [0.3, 0.4) is 0 Å². The SMILES string of the molecule is C/N=C\[C@H]1CCCC[C@@H]1n1cc(C(N)=O)c(Nc2ccc(C(F)F)nc2)n1. The van der Waals surface area contributed by atoms with Crippen LogP contribution in [0, 0.1) is 5.92 Å². The lowest BCUT2D eigenvalue weighted by Crippen LogP contribution is -2.25. The fourth-order valence-electron chi connectivity index (χ4n) is 3.41. The zero-order valence-corrected chi connectivity index (χ0v) is 15.0. The minimum absolute atomic E-state index is 0.0930. The highest BCUT2D eigenvalue weighted by Gasteiger charge is 2.28. The van der Waals surface area contributed by atoms with Gasteiger partial charge in [0.2, 0.25) is 0 Å². The largest absolute Gasteiger partial charge is 0.365 e. The molecule has 3 N–H and O–H groups in total. The van der Waals surface area contributed by atoms with Crippen LogP contribution in [0.2, 0.25) is 0 Å². The first-order valence-electron chi connectivity index (χ1n) is 8.82. The van der Waals surface area contributed by atoms with E-state index in [1.165, 1.54) is 18.3 Å². The van der Waals surface area contributed by atoms with Crippen LogP contribution in [0.15, 0.2) is 29.5 Å². The Hall–Kier alpha value is -2.84. The normalized spacial score (nSPS) is 20.3. The van der Waals surface area contributed by atoms with Gasteiger partial charge in [-0.3, -0.25) is 14.5 Å². The highest BCUT2D eigenvalue weighted by atomic mass is 19.3. The molecule has 144 valence electrons. The van der Waals surface area contributed by atoms with Crippen LogP contribution in [-0.4, -0.2) is 33.9 Å². The number of pyridine rings is 1. The first-order chi connectivity index (χ1) is 13.0. The van der Waals surface area contributed by atoms with Gasteiger partial charge in [0.1, 0.15) is 11.3 Å². The smallest absolute Gasteiger partial charge is 0.280 e. The van der Waals surface area contributed by atoms with Gasteiger partial charge in [-0.15, -0.1) is 0 Å². The number of primary amides is 1. The van der Waals surface area contributed by atoms with Gasteiger partial charge >= 0.3 is 0 Å². The maximum absolute atomic E-state index is 12.6. The molecule has 1 fully saturated rings. The molecule has 0 radical (unpaired) electrons. The minimum Gasteiger partial charge on any atom is -0.365 e. The second-order valence-electron chi connectivity index (χ2n) is 6.56. The van der Waals surface area contributed by atoms with Gasteiger partial charge in [0.05, 0.1) is 17.9 Å². The molecule has 0 saturated heterocycles. The average Bonchev–Trinajstić information content (AvgIpc) is 3.07. The second-order valence-corrected chi connectivity index (χ2v) is 6.56. The minimum atomic E-state index is -2.64. The number of halogens is 2. The lowest BCUT2D eigenvalue weighted by Gasteiger charge is -2.29. The predicted molar refractivity (Wildman–Crippen MR) is 98.6 cm³/mol. The van der Waals surface area contributed by atoms with E-state index < -0.39 is 12.3 Å². The first-order valence-corrected chi connectivity index (χ1v) is 8.82. The van der Waals surface area contributed by atoms with Crippen molar-refractivity contribution < 1.29 is 13.6 Å². The van der Waals surface area contributed by atoms with Gasteiger partial charge in [-0.25, -0.2) is 8.78 Å². The number of alkyl halides is 2. The van der Waals surface area contributed by atoms with Crippen LogP contribution in [-0.2, 0) is 0 Å². The van der Waals surface area contributed by atoms with Crippen LogP contribution >= 0.6 is 0 Å². The highest BCUT2D eigenvalue weighted by molar-refractivity contribution is 5.98. The van der Waals surface area contributed by atoms with Gasteiger partial charge in [-0.2, -0.15) is 5.10 Å². The summed E-state index contributed by atoms with van der Waals surface area (Å²) in [5.74, 6) is -0.0893. The molecule has 0 unspecified atom stereocenters. The number of anilines is 2. The number of amides is 1. The zero-order valence-electron chi connectivity index (χ0n) is 15.0. The molecule has 2 atom stereocenters. The number of hydrogen-bond donors (Lipinski definition) is 2. The topological polar surface area (TPSA) is 98.2 Å². The zero-order chi connectivity index (χ0) is 19.4. The number of aromatic nitrogens is 3. The molecule has 7 nitrogen and oxygen atoms in total. The van der Waals surface area contributed by atoms with E-state index in [2.05, 4.69) is 20.4 Å². The van der Waals surface area contributed by atoms with E-state index in [4.69, 9.17) is 5.73 Å². The monoisotopic (exact) mass is 376 g/mol. The molecule has 1 aliphatic rings. The summed E-state index contributed by atoms with van der Waals surface area (Å²) in [4.78, 5) is 19.7. The summed E-state index contributed by atoms with van der Waals surface area (Å²) < 4.78 is 27.0. The Morgan fingerprint density at radius 1 is 1.41 bits per heavy atom. The van der Waals surface area contributed by atoms with E-state index in [-0.39, 0.29) is 29.0 Å². The summed E-state index contributed by atoms with van der Waals surface area (Å²) in [5, 5.41) is 7.46. The van der Waals surface area contributed by atoms with Crippen LogP contribution in [0.4, 0.5) is 20.3 Å². The molecular formula is C18H22F2N6O. The van der Waals surface area contributed by atoms with Gasteiger partial charge in [-0.1, -0.05) is 12.8 Å². The molecule has 2 aromatic rings. The van der Waals surface area contributed by atoms with E-state index in [0.717, 1.165) is 25.7 Å². The Morgan fingerprint density at radius 2 is 2.19 bits per heavy atom. The van der Waals surface area contributed by atoms with E-state index in [1.807, 2.05) is 6.21 Å². The third-order valence-corrected chi connectivity index (χ3v) is 4.73. The Bertz CT molecular complexity index is 818. The molecule has 2 aromatic heterocycles. The van der Waals surface area contributed by atoms with E-state index in [1.54, 1.807) is 17.9 Å². The number of hydrogen-bond acceptors (Lipinski definition) is 5. The molecule has 3 rings (SSSR count). The molecule has 1 saturated carbocycles. The first kappa shape index (κ1) is 18.9. The van der Waals surface area contributed by atoms with Crippen molar-refractivity contribution in [2.24, 2.45) is 16.6 Å². The molecule has 0 spiro atoms. The van der Waals surface area contributed by atoms with Crippen LogP contribution < -0.4 is 11.1 Å². The second kappa shape index (κ2) is 8.24. The molecular weight excluding hydrogens is 354 g/mol. The third kappa shape index (κ3) is 4.29. The Balaban J connectivity index is 1.87. The predicted octanol–water partition coefficient (Wildman–Crippen LogP) is 3.49. The van der Waals surface area contributed by atoms with Crippen molar-refractivity contribution in [3.8, 4) is 0 Å². The standard InChI is InChI=1S/C18H22F2N6O/c1-22-8-11-4-2-3-5-15(11)26-10-13(17(21)27)18(25-26)24-12-6-7-14(16(19)20)23-9-12/h6-11,15-16H,2-5H2,1H3,(H2,21,27)(H,24,25)/b22-8-/t11-,15+/m1/s1. The maximum Gasteiger partial charge on any atom is 0.280 e. The van der Waals surface area contributed by atoms with Gasteiger partial charge in [0.25, 0.3) is 12.3 Å². The summed E-state index contributed by atoms with van der Waals surface area (Å²) in [6.45, 7) is 0. The fourth-order valence-corrected chi connectivity index (χ4v) is 3.41. The number of aliphatic imine (C=N–C) groups is 1. The van der Waals surface area contributed by atoms with E-state index >= 15 is 0 Å². The summed E-state index contributed by atoms with van der Waals surface area (Å²) in [5.41, 5.74) is 5.87. The number of nitrogens with two attached hydrogens (primary N) is 1. The van der Waals surface area contributed by atoms with Crippen LogP contribution in [0.25, 0.3) is 0 Å². The van der Waals surface area contributed by atoms with Gasteiger partial charge in [0, 0.05) is 25.4 Å². The molecule has 27 heavy (non-hydrogen) atoms. The molecule has 0 aliphatic heterocycles. The number of carbonyl (C=O) groups is 1. The van der Waals surface area contributed by atoms with Crippen molar-refractivity contribution in [1.82, 2.24) is 14.8 Å². The number of rotatable bonds is 6. The van der Waals surface area contributed by atoms with E-state index in [9.17, 15) is 13.6 Å². The van der Waals surface area contributed by atoms with Crippen molar-refractivity contribution in [3.05, 3.63) is 35.8 Å². The summed E-state index contributed by atoms with van der Waals surface area (Å²) >= 11 is 0. The maximum atomic E-state index is 12.6. The lowest BCUT2D eigenvalue weighted by molar-refractivity contribution is 0.100. The molecule has 9 heteroatoms. The number of nitrogens with one attached hydrogen (secondary N) is 1. The molecule has 1 amide bonds. The van der Waals surface area contributed by atoms with E-state index in [0.29, 0.717) is 5.69 Å². The van der Waals surface area contributed by atoms with Crippen molar-refractivity contribution >= 4 is 23.6 Å². The summed E-state index contributed by atoms with van der Waals surface area (Å²) in [6.07, 6.45) is 6.35. The van der Waals surface area contributed by atoms with Gasteiger partial charge < -0.3 is 16.0 Å². The Kier molecular flexibility index (Phi) is 5.78. The summed E-state index contributed by atoms with van der Waals surface area (Å²) in [6, 6.07) is 2.78. The quantitative estimate of drug-likeness (QED) is 0.754. The third-order valence-electron chi connectivity index (χ3n) is 4.73. The van der Waals surface area contributed by atoms with Crippen molar-refractivity contribution in [2.75, 3.05) is 12.4 Å². The number of nitrogens with zero attached hydrogens (tertiary/aromatic N) is 4. The van der Waals surface area contributed by atoms with Crippen molar-refractivity contribution in [2.45, 2.75) is 38.2 Å². The molecule has 2 heterocycles. The van der Waals surface area contributed by atoms with Gasteiger partial charge in [0.15, 0.2) is 5.82 Å². The lowest BCUT2D eigenvalue weighted by atomic mass is 9.85. The molecule has 0 bridgehead atoms. The Labute approximate surface area is 155 Å². The fraction of sp³-hybridized carbons (Fsp3) is 0.444. The van der Waals surface area contributed by atoms with Crippen molar-refractivity contribution in [3.63, 3.8) is 0 Å². The highest BCUT2D eigenvalue weighted by Crippen LogP contribution is 2.34. The molecule has 0 aromatic carbocycles. The van der Waals surface area contributed by atoms with Crippen LogP contribution in [0.1, 0.15) is 54.2 Å². The summed E-state index contributed by atoms with van der Waals surface area (Å²) in [7, 11) is 1.74. The number of carbonyl (C=O) groups excluding carboxylic acids is 1. The average molecular weight is 376 g/mol. The Morgan fingerprint density at radius 3 is 2.81 bits per heavy atom.